The van der Waals surface area contributed by atoms with Crippen LogP contribution in [0.2, 0.25) is 5.15 Å². The smallest absolute Gasteiger partial charge is 0.129 e. The van der Waals surface area contributed by atoms with E-state index in [2.05, 4.69) is 22.0 Å². The van der Waals surface area contributed by atoms with Crippen LogP contribution in [-0.2, 0) is 13.0 Å². The number of hydrogen-bond donors (Lipinski definition) is 1. The molecule has 19 heavy (non-hydrogen) atoms. The van der Waals surface area contributed by atoms with Gasteiger partial charge in [0.05, 0.1) is 0 Å². The van der Waals surface area contributed by atoms with Crippen molar-refractivity contribution in [3.05, 3.63) is 52.8 Å². The largest absolute Gasteiger partial charge is 0.399 e. The lowest BCUT2D eigenvalue weighted by molar-refractivity contribution is 0.691. The van der Waals surface area contributed by atoms with Gasteiger partial charge in [-0.05, 0) is 54.3 Å². The second-order valence-corrected chi connectivity index (χ2v) is 5.29. The molecule has 1 aromatic carbocycles. The molecule has 1 aliphatic rings. The summed E-state index contributed by atoms with van der Waals surface area (Å²) in [5.41, 5.74) is 10.5. The molecule has 0 amide bonds. The van der Waals surface area contributed by atoms with Crippen molar-refractivity contribution in [2.45, 2.75) is 19.4 Å². The Bertz CT molecular complexity index is 598. The Kier molecular flexibility index (Phi) is 3.30. The number of anilines is 2. The molecule has 0 bridgehead atoms. The van der Waals surface area contributed by atoms with Crippen LogP contribution in [0.1, 0.15) is 17.5 Å². The quantitative estimate of drug-likeness (QED) is 0.674. The maximum atomic E-state index is 5.94. The average Bonchev–Trinajstić information content (AvgIpc) is 2.38. The maximum absolute atomic E-state index is 5.94. The number of rotatable bonds is 2. The van der Waals surface area contributed by atoms with E-state index < -0.39 is 0 Å². The third-order valence-electron chi connectivity index (χ3n) is 3.48. The van der Waals surface area contributed by atoms with Crippen molar-refractivity contribution >= 4 is 23.0 Å². The van der Waals surface area contributed by atoms with Crippen LogP contribution in [0.4, 0.5) is 11.4 Å². The van der Waals surface area contributed by atoms with Gasteiger partial charge in [0.25, 0.3) is 0 Å². The van der Waals surface area contributed by atoms with Gasteiger partial charge in [0.1, 0.15) is 5.15 Å². The molecule has 0 unspecified atom stereocenters. The van der Waals surface area contributed by atoms with Crippen molar-refractivity contribution < 1.29 is 0 Å². The molecule has 0 radical (unpaired) electrons. The van der Waals surface area contributed by atoms with Gasteiger partial charge < -0.3 is 10.6 Å². The SMILES string of the molecule is Nc1ccc2c(c1)CCCN2Cc1ccnc(Cl)c1. The van der Waals surface area contributed by atoms with Gasteiger partial charge in [0.15, 0.2) is 0 Å². The van der Waals surface area contributed by atoms with Gasteiger partial charge in [-0.1, -0.05) is 11.6 Å². The van der Waals surface area contributed by atoms with Crippen LogP contribution in [0, 0.1) is 0 Å². The first-order valence-corrected chi connectivity index (χ1v) is 6.84. The van der Waals surface area contributed by atoms with Crippen molar-refractivity contribution in [2.75, 3.05) is 17.2 Å². The van der Waals surface area contributed by atoms with Crippen LogP contribution in [0.5, 0.6) is 0 Å². The summed E-state index contributed by atoms with van der Waals surface area (Å²) in [4.78, 5) is 6.40. The number of nitrogens with zero attached hydrogens (tertiary/aromatic N) is 2. The molecule has 2 heterocycles. The van der Waals surface area contributed by atoms with E-state index in [1.165, 1.54) is 16.8 Å². The first kappa shape index (κ1) is 12.3. The molecule has 1 aromatic heterocycles. The summed E-state index contributed by atoms with van der Waals surface area (Å²) in [7, 11) is 0. The minimum Gasteiger partial charge on any atom is -0.399 e. The molecule has 2 aromatic rings. The van der Waals surface area contributed by atoms with Gasteiger partial charge in [-0.25, -0.2) is 4.98 Å². The van der Waals surface area contributed by atoms with Crippen molar-refractivity contribution in [1.29, 1.82) is 0 Å². The van der Waals surface area contributed by atoms with Gasteiger partial charge in [0.2, 0.25) is 0 Å². The highest BCUT2D eigenvalue weighted by Crippen LogP contribution is 2.30. The normalized spacial score (nSPS) is 14.3. The van der Waals surface area contributed by atoms with Crippen LogP contribution < -0.4 is 10.6 Å². The summed E-state index contributed by atoms with van der Waals surface area (Å²) in [5.74, 6) is 0. The molecule has 0 fully saturated rings. The summed E-state index contributed by atoms with van der Waals surface area (Å²) >= 11 is 5.94. The lowest BCUT2D eigenvalue weighted by Crippen LogP contribution is -2.28. The van der Waals surface area contributed by atoms with Crippen LogP contribution in [0.3, 0.4) is 0 Å². The maximum Gasteiger partial charge on any atom is 0.129 e. The van der Waals surface area contributed by atoms with E-state index >= 15 is 0 Å². The van der Waals surface area contributed by atoms with Crippen molar-refractivity contribution in [3.63, 3.8) is 0 Å². The Labute approximate surface area is 118 Å². The molecule has 3 rings (SSSR count). The van der Waals surface area contributed by atoms with E-state index in [0.29, 0.717) is 5.15 Å². The van der Waals surface area contributed by atoms with Gasteiger partial charge >= 0.3 is 0 Å². The van der Waals surface area contributed by atoms with Gasteiger partial charge in [0, 0.05) is 30.7 Å². The standard InChI is InChI=1S/C15H16ClN3/c16-15-8-11(5-6-18-15)10-19-7-1-2-12-9-13(17)3-4-14(12)19/h3-6,8-9H,1-2,7,10,17H2. The highest BCUT2D eigenvalue weighted by molar-refractivity contribution is 6.29. The summed E-state index contributed by atoms with van der Waals surface area (Å²) in [5, 5.41) is 0.548. The number of nitrogens with two attached hydrogens (primary N) is 1. The zero-order chi connectivity index (χ0) is 13.2. The Hall–Kier alpha value is -1.74. The fourth-order valence-electron chi connectivity index (χ4n) is 2.62. The fourth-order valence-corrected chi connectivity index (χ4v) is 2.82. The Morgan fingerprint density at radius 1 is 1.26 bits per heavy atom. The number of fused-ring (bicyclic) bond motifs is 1. The van der Waals surface area contributed by atoms with E-state index in [1.807, 2.05) is 18.2 Å². The zero-order valence-electron chi connectivity index (χ0n) is 10.6. The number of halogens is 1. The molecule has 0 spiro atoms. The lowest BCUT2D eigenvalue weighted by Gasteiger charge is -2.31. The molecule has 98 valence electrons. The Balaban J connectivity index is 1.87. The second kappa shape index (κ2) is 5.10. The third kappa shape index (κ3) is 2.66. The summed E-state index contributed by atoms with van der Waals surface area (Å²) in [6, 6.07) is 10.1. The van der Waals surface area contributed by atoms with Crippen LogP contribution in [0.15, 0.2) is 36.5 Å². The predicted molar refractivity (Wildman–Crippen MR) is 79.5 cm³/mol. The highest BCUT2D eigenvalue weighted by atomic mass is 35.5. The molecule has 0 saturated heterocycles. The first-order valence-electron chi connectivity index (χ1n) is 6.46. The minimum absolute atomic E-state index is 0.548. The highest BCUT2D eigenvalue weighted by Gasteiger charge is 2.17. The lowest BCUT2D eigenvalue weighted by atomic mass is 10.0. The van der Waals surface area contributed by atoms with Crippen molar-refractivity contribution in [2.24, 2.45) is 0 Å². The van der Waals surface area contributed by atoms with Crippen LogP contribution >= 0.6 is 11.6 Å². The zero-order valence-corrected chi connectivity index (χ0v) is 11.4. The third-order valence-corrected chi connectivity index (χ3v) is 3.69. The first-order chi connectivity index (χ1) is 9.22. The Morgan fingerprint density at radius 3 is 3.00 bits per heavy atom. The molecule has 2 N–H and O–H groups in total. The topological polar surface area (TPSA) is 42.1 Å². The fraction of sp³-hybridized carbons (Fsp3) is 0.267. The van der Waals surface area contributed by atoms with Gasteiger partial charge in [-0.15, -0.1) is 0 Å². The van der Waals surface area contributed by atoms with E-state index in [-0.39, 0.29) is 0 Å². The van der Waals surface area contributed by atoms with Crippen molar-refractivity contribution in [1.82, 2.24) is 4.98 Å². The molecule has 1 aliphatic heterocycles. The Morgan fingerprint density at radius 2 is 2.16 bits per heavy atom. The summed E-state index contributed by atoms with van der Waals surface area (Å²) in [6.07, 6.45) is 4.02. The second-order valence-electron chi connectivity index (χ2n) is 4.90. The van der Waals surface area contributed by atoms with E-state index in [0.717, 1.165) is 31.6 Å². The summed E-state index contributed by atoms with van der Waals surface area (Å²) in [6.45, 7) is 1.93. The van der Waals surface area contributed by atoms with E-state index in [4.69, 9.17) is 17.3 Å². The number of pyridine rings is 1. The van der Waals surface area contributed by atoms with Crippen molar-refractivity contribution in [3.8, 4) is 0 Å². The molecule has 3 nitrogen and oxygen atoms in total. The van der Waals surface area contributed by atoms with Crippen LogP contribution in [0.25, 0.3) is 0 Å². The molecule has 0 saturated carbocycles. The summed E-state index contributed by atoms with van der Waals surface area (Å²) < 4.78 is 0. The molecule has 4 heteroatoms. The number of aromatic nitrogens is 1. The van der Waals surface area contributed by atoms with E-state index in [1.54, 1.807) is 6.20 Å². The predicted octanol–water partition coefficient (Wildman–Crippen LogP) is 3.27. The molecule has 0 aliphatic carbocycles. The number of nitrogen functional groups attached to an aromatic ring is 1. The molecular weight excluding hydrogens is 258 g/mol. The van der Waals surface area contributed by atoms with Crippen LogP contribution in [-0.4, -0.2) is 11.5 Å². The molecular formula is C15H16ClN3. The number of benzene rings is 1. The minimum atomic E-state index is 0.548. The van der Waals surface area contributed by atoms with E-state index in [9.17, 15) is 0 Å². The number of hydrogen-bond acceptors (Lipinski definition) is 3. The number of aryl methyl sites for hydroxylation is 1. The van der Waals surface area contributed by atoms with Gasteiger partial charge in [-0.3, -0.25) is 0 Å². The van der Waals surface area contributed by atoms with Gasteiger partial charge in [-0.2, -0.15) is 0 Å². The average molecular weight is 274 g/mol. The molecule has 0 atom stereocenters. The monoisotopic (exact) mass is 273 g/mol.